The van der Waals surface area contributed by atoms with Crippen LogP contribution in [-0.2, 0) is 0 Å². The van der Waals surface area contributed by atoms with Gasteiger partial charge in [0, 0.05) is 25.7 Å². The number of hydrogen-bond acceptors (Lipinski definition) is 3. The summed E-state index contributed by atoms with van der Waals surface area (Å²) in [5.74, 6) is 2.69. The molecular formula is C15H23N3. The van der Waals surface area contributed by atoms with Crippen LogP contribution in [0.4, 0.5) is 0 Å². The molecule has 0 aromatic carbocycles. The van der Waals surface area contributed by atoms with Gasteiger partial charge in [-0.3, -0.25) is 0 Å². The van der Waals surface area contributed by atoms with Crippen LogP contribution in [0, 0.1) is 34.5 Å². The standard InChI is InChI=1S/C15H23N3/c1-18(2)17-10-14(9-16)15-6-11-3-12(7-15)5-13(4-11)8-15/h10-13,17H,3-8H2,1-2H3/b14-10+. The fourth-order valence-corrected chi connectivity index (χ4v) is 4.94. The number of nitrogens with zero attached hydrogens (tertiary/aromatic N) is 2. The highest BCUT2D eigenvalue weighted by Crippen LogP contribution is 2.62. The summed E-state index contributed by atoms with van der Waals surface area (Å²) in [6, 6.07) is 2.49. The van der Waals surface area contributed by atoms with Gasteiger partial charge in [-0.05, 0) is 56.3 Å². The second-order valence-electron chi connectivity index (χ2n) is 6.89. The largest absolute Gasteiger partial charge is 0.326 e. The van der Waals surface area contributed by atoms with E-state index in [1.165, 1.54) is 38.5 Å². The van der Waals surface area contributed by atoms with Gasteiger partial charge >= 0.3 is 0 Å². The third-order valence-electron chi connectivity index (χ3n) is 5.20. The number of rotatable bonds is 3. The zero-order chi connectivity index (χ0) is 12.8. The van der Waals surface area contributed by atoms with Crippen molar-refractivity contribution in [3.8, 4) is 6.07 Å². The van der Waals surface area contributed by atoms with Crippen LogP contribution in [0.2, 0.25) is 0 Å². The monoisotopic (exact) mass is 245 g/mol. The summed E-state index contributed by atoms with van der Waals surface area (Å²) in [4.78, 5) is 0. The van der Waals surface area contributed by atoms with Crippen molar-refractivity contribution in [2.75, 3.05) is 14.1 Å². The van der Waals surface area contributed by atoms with Crippen molar-refractivity contribution in [2.24, 2.45) is 23.2 Å². The second kappa shape index (κ2) is 4.28. The summed E-state index contributed by atoms with van der Waals surface area (Å²) in [5, 5.41) is 11.4. The normalized spacial score (nSPS) is 42.1. The fourth-order valence-electron chi connectivity index (χ4n) is 4.94. The van der Waals surface area contributed by atoms with Gasteiger partial charge in [0.2, 0.25) is 0 Å². The van der Waals surface area contributed by atoms with E-state index in [0.717, 1.165) is 23.3 Å². The van der Waals surface area contributed by atoms with Crippen LogP contribution in [0.15, 0.2) is 11.8 Å². The Hall–Kier alpha value is -1.01. The van der Waals surface area contributed by atoms with E-state index in [2.05, 4.69) is 11.5 Å². The Bertz CT molecular complexity index is 367. The minimum atomic E-state index is 0.215. The van der Waals surface area contributed by atoms with Crippen molar-refractivity contribution in [1.29, 1.82) is 5.26 Å². The van der Waals surface area contributed by atoms with Gasteiger partial charge < -0.3 is 5.43 Å². The Balaban J connectivity index is 1.85. The van der Waals surface area contributed by atoms with Crippen LogP contribution >= 0.6 is 0 Å². The Morgan fingerprint density at radius 1 is 1.17 bits per heavy atom. The molecule has 3 nitrogen and oxygen atoms in total. The van der Waals surface area contributed by atoms with Gasteiger partial charge in [0.25, 0.3) is 0 Å². The third kappa shape index (κ3) is 1.93. The molecule has 0 unspecified atom stereocenters. The average Bonchev–Trinajstić information content (AvgIpc) is 2.26. The van der Waals surface area contributed by atoms with E-state index in [9.17, 15) is 5.26 Å². The zero-order valence-corrected chi connectivity index (χ0v) is 11.4. The molecule has 0 aromatic rings. The molecule has 4 aliphatic rings. The summed E-state index contributed by atoms with van der Waals surface area (Å²) in [6.45, 7) is 0. The number of nitrogens with one attached hydrogen (secondary N) is 1. The van der Waals surface area contributed by atoms with Crippen LogP contribution in [0.25, 0.3) is 0 Å². The minimum Gasteiger partial charge on any atom is -0.326 e. The first kappa shape index (κ1) is 12.0. The van der Waals surface area contributed by atoms with Crippen LogP contribution < -0.4 is 5.43 Å². The van der Waals surface area contributed by atoms with Crippen molar-refractivity contribution in [1.82, 2.24) is 10.4 Å². The molecule has 4 rings (SSSR count). The molecule has 0 radical (unpaired) electrons. The van der Waals surface area contributed by atoms with E-state index >= 15 is 0 Å². The number of hydrogen-bond donors (Lipinski definition) is 1. The van der Waals surface area contributed by atoms with E-state index in [1.807, 2.05) is 25.3 Å². The van der Waals surface area contributed by atoms with Gasteiger partial charge in [-0.25, -0.2) is 5.01 Å². The molecule has 4 bridgehead atoms. The van der Waals surface area contributed by atoms with E-state index < -0.39 is 0 Å². The first-order valence-electron chi connectivity index (χ1n) is 7.15. The second-order valence-corrected chi connectivity index (χ2v) is 6.89. The molecule has 0 atom stereocenters. The average molecular weight is 245 g/mol. The fraction of sp³-hybridized carbons (Fsp3) is 0.800. The predicted octanol–water partition coefficient (Wildman–Crippen LogP) is 2.68. The van der Waals surface area contributed by atoms with Gasteiger partial charge in [-0.2, -0.15) is 5.26 Å². The molecule has 98 valence electrons. The maximum absolute atomic E-state index is 9.52. The van der Waals surface area contributed by atoms with Crippen molar-refractivity contribution >= 4 is 0 Å². The smallest absolute Gasteiger partial charge is 0.0968 e. The zero-order valence-electron chi connectivity index (χ0n) is 11.4. The van der Waals surface area contributed by atoms with Crippen molar-refractivity contribution < 1.29 is 0 Å². The SMILES string of the molecule is CN(C)N/C=C(\C#N)C12CC3CC(CC(C3)C1)C2. The molecule has 1 N–H and O–H groups in total. The quantitative estimate of drug-likeness (QED) is 0.614. The predicted molar refractivity (Wildman–Crippen MR) is 71.1 cm³/mol. The summed E-state index contributed by atoms with van der Waals surface area (Å²) in [5.41, 5.74) is 4.38. The number of hydrazine groups is 1. The lowest BCUT2D eigenvalue weighted by atomic mass is 9.48. The van der Waals surface area contributed by atoms with Crippen LogP contribution in [0.1, 0.15) is 38.5 Å². The third-order valence-corrected chi connectivity index (χ3v) is 5.20. The van der Waals surface area contributed by atoms with Crippen molar-refractivity contribution in [3.63, 3.8) is 0 Å². The molecule has 0 aliphatic heterocycles. The lowest BCUT2D eigenvalue weighted by Gasteiger charge is -2.56. The summed E-state index contributed by atoms with van der Waals surface area (Å²) in [7, 11) is 3.93. The Kier molecular flexibility index (Phi) is 2.86. The van der Waals surface area contributed by atoms with Gasteiger partial charge in [-0.1, -0.05) is 0 Å². The maximum Gasteiger partial charge on any atom is 0.0968 e. The molecule has 0 amide bonds. The van der Waals surface area contributed by atoms with Crippen LogP contribution in [0.5, 0.6) is 0 Å². The summed E-state index contributed by atoms with van der Waals surface area (Å²) < 4.78 is 0. The van der Waals surface area contributed by atoms with E-state index in [0.29, 0.717) is 0 Å². The number of allylic oxidation sites excluding steroid dienone is 1. The van der Waals surface area contributed by atoms with Gasteiger partial charge in [-0.15, -0.1) is 0 Å². The first-order chi connectivity index (χ1) is 8.61. The maximum atomic E-state index is 9.52. The molecule has 0 saturated heterocycles. The van der Waals surface area contributed by atoms with Crippen molar-refractivity contribution in [3.05, 3.63) is 11.8 Å². The number of nitriles is 1. The van der Waals surface area contributed by atoms with E-state index in [-0.39, 0.29) is 5.41 Å². The highest BCUT2D eigenvalue weighted by molar-refractivity contribution is 5.31. The van der Waals surface area contributed by atoms with Crippen molar-refractivity contribution in [2.45, 2.75) is 38.5 Å². The van der Waals surface area contributed by atoms with Crippen LogP contribution in [0.3, 0.4) is 0 Å². The van der Waals surface area contributed by atoms with Crippen LogP contribution in [-0.4, -0.2) is 19.1 Å². The minimum absolute atomic E-state index is 0.215. The first-order valence-corrected chi connectivity index (χ1v) is 7.15. The Labute approximate surface area is 110 Å². The lowest BCUT2D eigenvalue weighted by Crippen LogP contribution is -2.47. The highest BCUT2D eigenvalue weighted by atomic mass is 15.5. The Morgan fingerprint density at radius 3 is 2.06 bits per heavy atom. The lowest BCUT2D eigenvalue weighted by molar-refractivity contribution is -0.0284. The van der Waals surface area contributed by atoms with Gasteiger partial charge in [0.1, 0.15) is 0 Å². The molecule has 18 heavy (non-hydrogen) atoms. The van der Waals surface area contributed by atoms with Gasteiger partial charge in [0.05, 0.1) is 11.6 Å². The molecule has 0 heterocycles. The molecule has 4 saturated carbocycles. The molecule has 4 aliphatic carbocycles. The molecule has 3 heteroatoms. The van der Waals surface area contributed by atoms with E-state index in [1.54, 1.807) is 0 Å². The summed E-state index contributed by atoms with van der Waals surface area (Å²) in [6.07, 6.45) is 10.0. The molecular weight excluding hydrogens is 222 g/mol. The Morgan fingerprint density at radius 2 is 1.67 bits per heavy atom. The molecule has 0 spiro atoms. The van der Waals surface area contributed by atoms with E-state index in [4.69, 9.17) is 0 Å². The summed E-state index contributed by atoms with van der Waals surface area (Å²) >= 11 is 0. The highest BCUT2D eigenvalue weighted by Gasteiger charge is 2.52. The topological polar surface area (TPSA) is 39.1 Å². The molecule has 4 fully saturated rings. The van der Waals surface area contributed by atoms with Gasteiger partial charge in [0.15, 0.2) is 0 Å². The molecule has 0 aromatic heterocycles.